The quantitative estimate of drug-likeness (QED) is 0.372. The van der Waals surface area contributed by atoms with E-state index in [1.54, 1.807) is 60.7 Å². The molecule has 1 unspecified atom stereocenters. The molecule has 1 aliphatic heterocycles. The number of ketones is 1. The van der Waals surface area contributed by atoms with Gasteiger partial charge in [-0.05, 0) is 54.1 Å². The predicted octanol–water partition coefficient (Wildman–Crippen LogP) is 3.90. The molecular weight excluding hydrogens is 408 g/mol. The van der Waals surface area contributed by atoms with Crippen molar-refractivity contribution in [3.63, 3.8) is 0 Å². The first-order chi connectivity index (χ1) is 15.4. The normalized spacial score (nSPS) is 17.2. The van der Waals surface area contributed by atoms with Crippen LogP contribution in [0.5, 0.6) is 11.5 Å². The number of hydrogen-bond acceptors (Lipinski definition) is 6. The highest BCUT2D eigenvalue weighted by Gasteiger charge is 2.47. The molecule has 0 aliphatic carbocycles. The Labute approximate surface area is 184 Å². The molecule has 158 valence electrons. The number of phenols is 1. The van der Waals surface area contributed by atoms with Crippen molar-refractivity contribution in [3.8, 4) is 17.6 Å². The number of carbonyl (C=O) groups is 2. The van der Waals surface area contributed by atoms with E-state index in [-0.39, 0.29) is 17.1 Å². The number of methoxy groups -OCH3 is 1. The largest absolute Gasteiger partial charge is 0.508 e. The van der Waals surface area contributed by atoms with E-state index < -0.39 is 17.7 Å². The lowest BCUT2D eigenvalue weighted by Gasteiger charge is -2.25. The zero-order valence-corrected chi connectivity index (χ0v) is 17.0. The minimum atomic E-state index is -0.935. The van der Waals surface area contributed by atoms with Crippen molar-refractivity contribution in [2.75, 3.05) is 12.0 Å². The van der Waals surface area contributed by atoms with E-state index in [0.29, 0.717) is 28.1 Å². The van der Waals surface area contributed by atoms with Gasteiger partial charge >= 0.3 is 0 Å². The number of aliphatic hydroxyl groups excluding tert-OH is 1. The van der Waals surface area contributed by atoms with Gasteiger partial charge in [0, 0.05) is 11.3 Å². The molecule has 4 rings (SSSR count). The summed E-state index contributed by atoms with van der Waals surface area (Å²) in [5, 5.41) is 29.9. The van der Waals surface area contributed by atoms with E-state index in [1.807, 2.05) is 6.07 Å². The number of aliphatic hydroxyl groups is 1. The number of nitrogens with zero attached hydrogens (tertiary/aromatic N) is 2. The van der Waals surface area contributed by atoms with Gasteiger partial charge in [0.15, 0.2) is 0 Å². The molecule has 0 saturated carbocycles. The van der Waals surface area contributed by atoms with Gasteiger partial charge < -0.3 is 14.9 Å². The summed E-state index contributed by atoms with van der Waals surface area (Å²) in [6, 6.07) is 19.9. The van der Waals surface area contributed by atoms with Crippen LogP contribution in [0.1, 0.15) is 22.7 Å². The van der Waals surface area contributed by atoms with Crippen LogP contribution in [0, 0.1) is 11.3 Å². The highest BCUT2D eigenvalue weighted by molar-refractivity contribution is 6.51. The topological polar surface area (TPSA) is 111 Å². The Balaban J connectivity index is 1.93. The number of carbonyl (C=O) groups excluding carboxylic acids is 2. The minimum Gasteiger partial charge on any atom is -0.508 e. The van der Waals surface area contributed by atoms with Gasteiger partial charge in [0.1, 0.15) is 17.3 Å². The molecule has 1 amide bonds. The predicted molar refractivity (Wildman–Crippen MR) is 117 cm³/mol. The zero-order valence-electron chi connectivity index (χ0n) is 17.0. The number of ether oxygens (including phenoxy) is 1. The van der Waals surface area contributed by atoms with Crippen LogP contribution >= 0.6 is 0 Å². The summed E-state index contributed by atoms with van der Waals surface area (Å²) >= 11 is 0. The summed E-state index contributed by atoms with van der Waals surface area (Å²) in [4.78, 5) is 27.4. The van der Waals surface area contributed by atoms with Gasteiger partial charge in [-0.1, -0.05) is 24.3 Å². The van der Waals surface area contributed by atoms with Crippen LogP contribution in [0.3, 0.4) is 0 Å². The Kier molecular flexibility index (Phi) is 5.36. The summed E-state index contributed by atoms with van der Waals surface area (Å²) < 4.78 is 5.20. The summed E-state index contributed by atoms with van der Waals surface area (Å²) in [6.07, 6.45) is 0. The van der Waals surface area contributed by atoms with Crippen LogP contribution in [-0.4, -0.2) is 29.0 Å². The molecule has 7 heteroatoms. The number of amides is 1. The van der Waals surface area contributed by atoms with Crippen molar-refractivity contribution in [1.29, 1.82) is 5.26 Å². The van der Waals surface area contributed by atoms with Crippen molar-refractivity contribution >= 4 is 23.1 Å². The van der Waals surface area contributed by atoms with Crippen LogP contribution in [0.2, 0.25) is 0 Å². The second-order valence-electron chi connectivity index (χ2n) is 7.15. The highest BCUT2D eigenvalue weighted by Crippen LogP contribution is 2.42. The fourth-order valence-electron chi connectivity index (χ4n) is 3.69. The van der Waals surface area contributed by atoms with Crippen molar-refractivity contribution in [2.45, 2.75) is 6.04 Å². The Morgan fingerprint density at radius 1 is 1.03 bits per heavy atom. The molecule has 1 saturated heterocycles. The number of nitriles is 1. The second-order valence-corrected chi connectivity index (χ2v) is 7.15. The third kappa shape index (κ3) is 3.55. The molecule has 3 aromatic carbocycles. The average Bonchev–Trinajstić information content (AvgIpc) is 3.09. The van der Waals surface area contributed by atoms with Crippen molar-refractivity contribution in [1.82, 2.24) is 0 Å². The molecule has 0 radical (unpaired) electrons. The lowest BCUT2D eigenvalue weighted by molar-refractivity contribution is -0.132. The number of rotatable bonds is 4. The molecule has 3 aromatic rings. The van der Waals surface area contributed by atoms with E-state index in [2.05, 4.69) is 0 Å². The smallest absolute Gasteiger partial charge is 0.300 e. The molecule has 1 aliphatic rings. The Morgan fingerprint density at radius 3 is 2.34 bits per heavy atom. The minimum absolute atomic E-state index is 0.0249. The van der Waals surface area contributed by atoms with Crippen molar-refractivity contribution in [3.05, 3.63) is 95.1 Å². The molecule has 7 nitrogen and oxygen atoms in total. The van der Waals surface area contributed by atoms with Crippen LogP contribution in [-0.2, 0) is 9.59 Å². The number of Topliss-reactive ketones (excluding diaryl/α,β-unsaturated/α-hetero) is 1. The number of anilines is 1. The summed E-state index contributed by atoms with van der Waals surface area (Å²) in [7, 11) is 1.49. The lowest BCUT2D eigenvalue weighted by atomic mass is 9.95. The van der Waals surface area contributed by atoms with Crippen LogP contribution in [0.15, 0.2) is 78.4 Å². The van der Waals surface area contributed by atoms with Crippen LogP contribution in [0.25, 0.3) is 5.76 Å². The Bertz CT molecular complexity index is 1270. The van der Waals surface area contributed by atoms with E-state index in [4.69, 9.17) is 10.00 Å². The van der Waals surface area contributed by atoms with Gasteiger partial charge in [0.2, 0.25) is 0 Å². The summed E-state index contributed by atoms with van der Waals surface area (Å²) in [5.41, 5.74) is 1.57. The average molecular weight is 426 g/mol. The lowest BCUT2D eigenvalue weighted by Crippen LogP contribution is -2.29. The van der Waals surface area contributed by atoms with Gasteiger partial charge in [-0.15, -0.1) is 0 Å². The molecule has 0 bridgehead atoms. The van der Waals surface area contributed by atoms with Crippen molar-refractivity contribution in [2.24, 2.45) is 0 Å². The number of aromatic hydroxyl groups is 1. The van der Waals surface area contributed by atoms with E-state index in [1.165, 1.54) is 24.1 Å². The maximum Gasteiger partial charge on any atom is 0.300 e. The van der Waals surface area contributed by atoms with E-state index in [0.717, 1.165) is 0 Å². The number of benzene rings is 3. The molecule has 0 aromatic heterocycles. The summed E-state index contributed by atoms with van der Waals surface area (Å²) in [5.74, 6) is -1.48. The Hall–Kier alpha value is -4.57. The van der Waals surface area contributed by atoms with Crippen LogP contribution < -0.4 is 9.64 Å². The number of phenolic OH excluding ortho intramolecular Hbond substituents is 1. The maximum atomic E-state index is 13.1. The van der Waals surface area contributed by atoms with Gasteiger partial charge in [0.05, 0.1) is 30.4 Å². The van der Waals surface area contributed by atoms with E-state index >= 15 is 0 Å². The standard InChI is InChI=1S/C25H18N2O5/c1-32-20-4-2-3-17(13-20)23(29)21-22(16-7-11-19(28)12-8-16)27(25(31)24(21)30)18-9-5-15(14-26)6-10-18/h2-13,22,28-29H,1H3/b23-21-. The highest BCUT2D eigenvalue weighted by atomic mass is 16.5. The SMILES string of the molecule is COc1cccc(/C(O)=C2/C(=O)C(=O)N(c3ccc(C#N)cc3)C2c2ccc(O)cc2)c1. The third-order valence-corrected chi connectivity index (χ3v) is 5.27. The first-order valence-electron chi connectivity index (χ1n) is 9.69. The fourth-order valence-corrected chi connectivity index (χ4v) is 3.69. The van der Waals surface area contributed by atoms with Gasteiger partial charge in [0.25, 0.3) is 11.7 Å². The first-order valence-corrected chi connectivity index (χ1v) is 9.69. The van der Waals surface area contributed by atoms with Gasteiger partial charge in [-0.25, -0.2) is 0 Å². The van der Waals surface area contributed by atoms with Gasteiger partial charge in [-0.2, -0.15) is 5.26 Å². The van der Waals surface area contributed by atoms with Crippen LogP contribution in [0.4, 0.5) is 5.69 Å². The molecular formula is C25H18N2O5. The second kappa shape index (κ2) is 8.28. The summed E-state index contributed by atoms with van der Waals surface area (Å²) in [6.45, 7) is 0. The Morgan fingerprint density at radius 2 is 1.72 bits per heavy atom. The van der Waals surface area contributed by atoms with E-state index in [9.17, 15) is 19.8 Å². The molecule has 1 fully saturated rings. The zero-order chi connectivity index (χ0) is 22.8. The fraction of sp³-hybridized carbons (Fsp3) is 0.0800. The monoisotopic (exact) mass is 426 g/mol. The maximum absolute atomic E-state index is 13.1. The third-order valence-electron chi connectivity index (χ3n) is 5.27. The first kappa shape index (κ1) is 20.7. The number of hydrogen-bond donors (Lipinski definition) is 2. The van der Waals surface area contributed by atoms with Gasteiger partial charge in [-0.3, -0.25) is 14.5 Å². The van der Waals surface area contributed by atoms with Crippen molar-refractivity contribution < 1.29 is 24.5 Å². The molecule has 32 heavy (non-hydrogen) atoms. The molecule has 1 atom stereocenters. The molecule has 2 N–H and O–H groups in total. The molecule has 0 spiro atoms. The molecule has 1 heterocycles.